The van der Waals surface area contributed by atoms with Gasteiger partial charge in [-0.1, -0.05) is 11.6 Å². The minimum atomic E-state index is -0.458. The summed E-state index contributed by atoms with van der Waals surface area (Å²) in [6.07, 6.45) is 1.65. The molecule has 3 N–H and O–H groups in total. The van der Waals surface area contributed by atoms with Gasteiger partial charge < -0.3 is 19.9 Å². The molecule has 30 heavy (non-hydrogen) atoms. The lowest BCUT2D eigenvalue weighted by Gasteiger charge is -2.41. The van der Waals surface area contributed by atoms with Crippen LogP contribution in [0.2, 0.25) is 0 Å². The number of rotatable bonds is 3. The highest BCUT2D eigenvalue weighted by atomic mass is 16.5. The van der Waals surface area contributed by atoms with Gasteiger partial charge in [0.25, 0.3) is 5.91 Å². The van der Waals surface area contributed by atoms with Crippen molar-refractivity contribution >= 4 is 11.8 Å². The predicted molar refractivity (Wildman–Crippen MR) is 114 cm³/mol. The number of amides is 2. The first-order valence-corrected chi connectivity index (χ1v) is 10.8. The Kier molecular flexibility index (Phi) is 5.74. The van der Waals surface area contributed by atoms with Crippen LogP contribution in [0.15, 0.2) is 18.2 Å². The lowest BCUT2D eigenvalue weighted by atomic mass is 9.90. The van der Waals surface area contributed by atoms with Crippen molar-refractivity contribution in [3.63, 3.8) is 0 Å². The van der Waals surface area contributed by atoms with Gasteiger partial charge in [-0.15, -0.1) is 0 Å². The number of nitrogens with zero attached hydrogens (tertiary/aromatic N) is 2. The molecule has 2 unspecified atom stereocenters. The zero-order valence-corrected chi connectivity index (χ0v) is 18.3. The Labute approximate surface area is 178 Å². The van der Waals surface area contributed by atoms with E-state index in [0.29, 0.717) is 17.9 Å². The van der Waals surface area contributed by atoms with Crippen molar-refractivity contribution in [3.8, 4) is 5.75 Å². The monoisotopic (exact) mass is 415 g/mol. The average molecular weight is 416 g/mol. The fourth-order valence-electron chi connectivity index (χ4n) is 4.70. The van der Waals surface area contributed by atoms with E-state index in [0.717, 1.165) is 31.5 Å². The molecule has 1 spiro atoms. The van der Waals surface area contributed by atoms with Crippen molar-refractivity contribution in [1.82, 2.24) is 26.0 Å². The largest absolute Gasteiger partial charge is 0.484 e. The van der Waals surface area contributed by atoms with Crippen LogP contribution in [-0.4, -0.2) is 78.6 Å². The molecule has 2 fully saturated rings. The normalized spacial score (nSPS) is 28.7. The lowest BCUT2D eigenvalue weighted by Crippen LogP contribution is -2.56. The smallest absolute Gasteiger partial charge is 0.258 e. The standard InChI is InChI=1S/C22H33N5O3/c1-14-5-6-18-17(11-14)21(29)27(13-22(30-18)7-9-26(4)10-8-22)12-19(28)23-20-15(2)24-25-16(20)3/h5-6,11,15-16,20,24-25H,7-10,12-13H2,1-4H3,(H,23,28). The predicted octanol–water partition coefficient (Wildman–Crippen LogP) is 0.664. The summed E-state index contributed by atoms with van der Waals surface area (Å²) in [5.74, 6) is 0.352. The average Bonchev–Trinajstić information content (AvgIpc) is 2.97. The van der Waals surface area contributed by atoms with E-state index in [1.807, 2.05) is 39.0 Å². The molecule has 2 saturated heterocycles. The van der Waals surface area contributed by atoms with Gasteiger partial charge in [-0.3, -0.25) is 20.4 Å². The highest BCUT2D eigenvalue weighted by molar-refractivity contribution is 5.99. The fraction of sp³-hybridized carbons (Fsp3) is 0.636. The minimum absolute atomic E-state index is 0.0253. The van der Waals surface area contributed by atoms with Crippen molar-refractivity contribution in [1.29, 1.82) is 0 Å². The summed E-state index contributed by atoms with van der Waals surface area (Å²) in [4.78, 5) is 30.3. The third kappa shape index (κ3) is 4.17. The number of hydrogen-bond donors (Lipinski definition) is 3. The Morgan fingerprint density at radius 1 is 1.23 bits per heavy atom. The van der Waals surface area contributed by atoms with Crippen LogP contribution in [0.1, 0.15) is 42.6 Å². The summed E-state index contributed by atoms with van der Waals surface area (Å²) < 4.78 is 6.50. The first kappa shape index (κ1) is 21.1. The number of piperidine rings is 1. The second kappa shape index (κ2) is 8.17. The topological polar surface area (TPSA) is 85.9 Å². The van der Waals surface area contributed by atoms with Crippen molar-refractivity contribution in [2.45, 2.75) is 57.3 Å². The fourth-order valence-corrected chi connectivity index (χ4v) is 4.70. The van der Waals surface area contributed by atoms with E-state index >= 15 is 0 Å². The van der Waals surface area contributed by atoms with Crippen molar-refractivity contribution < 1.29 is 14.3 Å². The second-order valence-corrected chi connectivity index (χ2v) is 9.21. The van der Waals surface area contributed by atoms with Crippen molar-refractivity contribution in [2.75, 3.05) is 33.2 Å². The zero-order valence-electron chi connectivity index (χ0n) is 18.3. The molecule has 1 aromatic rings. The number of ether oxygens (including phenoxy) is 1. The number of likely N-dealkylation sites (tertiary alicyclic amines) is 1. The highest BCUT2D eigenvalue weighted by Crippen LogP contribution is 2.35. The summed E-state index contributed by atoms with van der Waals surface area (Å²) in [5.41, 5.74) is 7.38. The molecule has 0 aromatic heterocycles. The van der Waals surface area contributed by atoms with E-state index in [-0.39, 0.29) is 36.5 Å². The van der Waals surface area contributed by atoms with Crippen LogP contribution < -0.4 is 20.9 Å². The number of carbonyl (C=O) groups excluding carboxylic acids is 2. The molecule has 8 heteroatoms. The Morgan fingerprint density at radius 2 is 1.90 bits per heavy atom. The number of hydrogen-bond acceptors (Lipinski definition) is 6. The number of benzene rings is 1. The summed E-state index contributed by atoms with van der Waals surface area (Å²) in [6.45, 7) is 8.28. The first-order chi connectivity index (χ1) is 14.3. The molecule has 2 amide bonds. The van der Waals surface area contributed by atoms with Crippen LogP contribution in [0.5, 0.6) is 5.75 Å². The molecular formula is C22H33N5O3. The third-order valence-corrected chi connectivity index (χ3v) is 6.63. The summed E-state index contributed by atoms with van der Waals surface area (Å²) in [6, 6.07) is 5.95. The van der Waals surface area contributed by atoms with Crippen LogP contribution in [0.3, 0.4) is 0 Å². The summed E-state index contributed by atoms with van der Waals surface area (Å²) in [7, 11) is 2.10. The number of nitrogens with one attached hydrogen (secondary N) is 3. The SMILES string of the molecule is Cc1ccc2c(c1)C(=O)N(CC(=O)NC1C(C)NNC1C)CC1(CCN(C)CC1)O2. The van der Waals surface area contributed by atoms with E-state index in [2.05, 4.69) is 28.1 Å². The van der Waals surface area contributed by atoms with Crippen LogP contribution in [0.4, 0.5) is 0 Å². The van der Waals surface area contributed by atoms with Gasteiger partial charge in [-0.25, -0.2) is 0 Å². The number of carbonyl (C=O) groups is 2. The maximum atomic E-state index is 13.4. The molecule has 164 valence electrons. The third-order valence-electron chi connectivity index (χ3n) is 6.63. The summed E-state index contributed by atoms with van der Waals surface area (Å²) in [5, 5.41) is 3.09. The van der Waals surface area contributed by atoms with Gasteiger partial charge >= 0.3 is 0 Å². The molecule has 1 aromatic carbocycles. The van der Waals surface area contributed by atoms with Gasteiger partial charge in [-0.2, -0.15) is 0 Å². The molecule has 4 rings (SSSR count). The molecule has 3 aliphatic heterocycles. The van der Waals surface area contributed by atoms with Gasteiger partial charge in [0, 0.05) is 38.0 Å². The summed E-state index contributed by atoms with van der Waals surface area (Å²) >= 11 is 0. The number of hydrazine groups is 1. The lowest BCUT2D eigenvalue weighted by molar-refractivity contribution is -0.123. The molecule has 0 bridgehead atoms. The zero-order chi connectivity index (χ0) is 21.5. The van der Waals surface area contributed by atoms with Gasteiger partial charge in [0.05, 0.1) is 18.2 Å². The van der Waals surface area contributed by atoms with E-state index in [4.69, 9.17) is 4.74 Å². The second-order valence-electron chi connectivity index (χ2n) is 9.21. The molecule has 0 saturated carbocycles. The van der Waals surface area contributed by atoms with Gasteiger partial charge in [-0.05, 0) is 40.0 Å². The minimum Gasteiger partial charge on any atom is -0.484 e. The number of aryl methyl sites for hydroxylation is 1. The molecule has 8 nitrogen and oxygen atoms in total. The Hall–Kier alpha value is -2.16. The molecule has 0 aliphatic carbocycles. The van der Waals surface area contributed by atoms with Crippen molar-refractivity contribution in [3.05, 3.63) is 29.3 Å². The molecule has 3 heterocycles. The first-order valence-electron chi connectivity index (χ1n) is 10.8. The Balaban J connectivity index is 1.57. The Morgan fingerprint density at radius 3 is 2.57 bits per heavy atom. The van der Waals surface area contributed by atoms with E-state index < -0.39 is 5.60 Å². The van der Waals surface area contributed by atoms with Crippen LogP contribution in [0.25, 0.3) is 0 Å². The van der Waals surface area contributed by atoms with Gasteiger partial charge in [0.15, 0.2) is 0 Å². The van der Waals surface area contributed by atoms with Crippen LogP contribution >= 0.6 is 0 Å². The maximum absolute atomic E-state index is 13.4. The molecule has 2 atom stereocenters. The molecule has 0 radical (unpaired) electrons. The number of fused-ring (bicyclic) bond motifs is 1. The van der Waals surface area contributed by atoms with E-state index in [1.54, 1.807) is 4.90 Å². The van der Waals surface area contributed by atoms with Gasteiger partial charge in [0.1, 0.15) is 17.9 Å². The molecular weight excluding hydrogens is 382 g/mol. The van der Waals surface area contributed by atoms with Crippen LogP contribution in [-0.2, 0) is 4.79 Å². The van der Waals surface area contributed by atoms with E-state index in [9.17, 15) is 9.59 Å². The Bertz CT molecular complexity index is 811. The quantitative estimate of drug-likeness (QED) is 0.673. The molecule has 3 aliphatic rings. The van der Waals surface area contributed by atoms with E-state index in [1.165, 1.54) is 0 Å². The van der Waals surface area contributed by atoms with Crippen LogP contribution in [0, 0.1) is 6.92 Å². The highest BCUT2D eigenvalue weighted by Gasteiger charge is 2.43. The maximum Gasteiger partial charge on any atom is 0.258 e. The van der Waals surface area contributed by atoms with Crippen molar-refractivity contribution in [2.24, 2.45) is 0 Å². The van der Waals surface area contributed by atoms with Gasteiger partial charge in [0.2, 0.25) is 5.91 Å².